The van der Waals surface area contributed by atoms with Gasteiger partial charge in [0.05, 0.1) is 7.11 Å². The summed E-state index contributed by atoms with van der Waals surface area (Å²) in [5, 5.41) is 0. The first-order chi connectivity index (χ1) is 6.22. The first-order valence-electron chi connectivity index (χ1n) is 4.31. The van der Waals surface area contributed by atoms with E-state index in [0.717, 1.165) is 16.6 Å². The molecule has 1 aromatic rings. The van der Waals surface area contributed by atoms with Crippen LogP contribution in [0.25, 0.3) is 0 Å². The lowest BCUT2D eigenvalue weighted by molar-refractivity contribution is 0.414. The number of hydrogen-bond donors (Lipinski definition) is 1. The summed E-state index contributed by atoms with van der Waals surface area (Å²) in [6, 6.07) is 6.35. The van der Waals surface area contributed by atoms with Crippen molar-refractivity contribution in [1.82, 2.24) is 0 Å². The zero-order chi connectivity index (χ0) is 9.42. The van der Waals surface area contributed by atoms with Crippen molar-refractivity contribution < 1.29 is 4.74 Å². The molecule has 0 saturated heterocycles. The molecule has 0 aliphatic heterocycles. The maximum Gasteiger partial charge on any atom is 0.119 e. The van der Waals surface area contributed by atoms with Crippen LogP contribution in [-0.4, -0.2) is 13.2 Å². The molecule has 0 radical (unpaired) electrons. The second kappa shape index (κ2) is 3.31. The molecular formula is C10H12BrNO. The Labute approximate surface area is 86.2 Å². The van der Waals surface area contributed by atoms with Crippen molar-refractivity contribution in [2.24, 2.45) is 5.73 Å². The van der Waals surface area contributed by atoms with E-state index in [4.69, 9.17) is 10.5 Å². The van der Waals surface area contributed by atoms with Gasteiger partial charge < -0.3 is 10.5 Å². The third-order valence-electron chi connectivity index (χ3n) is 2.44. The summed E-state index contributed by atoms with van der Waals surface area (Å²) >= 11 is 3.52. The van der Waals surface area contributed by atoms with Crippen LogP contribution in [0.2, 0.25) is 0 Å². The quantitative estimate of drug-likeness (QED) is 0.863. The van der Waals surface area contributed by atoms with Crippen molar-refractivity contribution in [2.75, 3.05) is 7.11 Å². The fourth-order valence-electron chi connectivity index (χ4n) is 1.51. The Kier molecular flexibility index (Phi) is 2.30. The van der Waals surface area contributed by atoms with E-state index < -0.39 is 0 Å². The highest BCUT2D eigenvalue weighted by Gasteiger charge is 2.36. The average molecular weight is 242 g/mol. The second-order valence-corrected chi connectivity index (χ2v) is 4.25. The maximum atomic E-state index is 5.80. The summed E-state index contributed by atoms with van der Waals surface area (Å²) in [7, 11) is 1.68. The standard InChI is InChI=1S/C10H12BrNO/c1-13-6-2-3-9(11)7(4-6)8-5-10(8)12/h2-4,8,10H,5,12H2,1H3. The zero-order valence-electron chi connectivity index (χ0n) is 7.46. The normalized spacial score (nSPS) is 25.8. The SMILES string of the molecule is COc1ccc(Br)c(C2CC2N)c1. The molecule has 0 aromatic heterocycles. The van der Waals surface area contributed by atoms with E-state index >= 15 is 0 Å². The summed E-state index contributed by atoms with van der Waals surface area (Å²) in [6.07, 6.45) is 1.09. The van der Waals surface area contributed by atoms with Gasteiger partial charge in [-0.25, -0.2) is 0 Å². The molecule has 1 aliphatic carbocycles. The van der Waals surface area contributed by atoms with Gasteiger partial charge in [0.2, 0.25) is 0 Å². The van der Waals surface area contributed by atoms with E-state index in [1.165, 1.54) is 5.56 Å². The number of benzene rings is 1. The molecule has 1 fully saturated rings. The molecule has 0 bridgehead atoms. The van der Waals surface area contributed by atoms with Crippen LogP contribution < -0.4 is 10.5 Å². The minimum Gasteiger partial charge on any atom is -0.497 e. The lowest BCUT2D eigenvalue weighted by Gasteiger charge is -2.05. The Morgan fingerprint density at radius 2 is 2.23 bits per heavy atom. The molecule has 2 rings (SSSR count). The molecular weight excluding hydrogens is 230 g/mol. The molecule has 2 nitrogen and oxygen atoms in total. The molecule has 0 heterocycles. The van der Waals surface area contributed by atoms with Crippen molar-refractivity contribution >= 4 is 15.9 Å². The van der Waals surface area contributed by atoms with Gasteiger partial charge in [0.1, 0.15) is 5.75 Å². The number of hydrogen-bond acceptors (Lipinski definition) is 2. The minimum absolute atomic E-state index is 0.336. The van der Waals surface area contributed by atoms with E-state index in [9.17, 15) is 0 Å². The number of rotatable bonds is 2. The van der Waals surface area contributed by atoms with Gasteiger partial charge in [-0.15, -0.1) is 0 Å². The molecule has 1 aliphatic rings. The molecule has 0 spiro atoms. The van der Waals surface area contributed by atoms with Crippen molar-refractivity contribution in [1.29, 1.82) is 0 Å². The molecule has 2 N–H and O–H groups in total. The first-order valence-corrected chi connectivity index (χ1v) is 5.10. The highest BCUT2D eigenvalue weighted by molar-refractivity contribution is 9.10. The number of nitrogens with two attached hydrogens (primary N) is 1. The fourth-order valence-corrected chi connectivity index (χ4v) is 2.05. The van der Waals surface area contributed by atoms with Gasteiger partial charge in [0.15, 0.2) is 0 Å². The van der Waals surface area contributed by atoms with Gasteiger partial charge >= 0.3 is 0 Å². The van der Waals surface area contributed by atoms with Gasteiger partial charge in [-0.2, -0.15) is 0 Å². The number of ether oxygens (including phenoxy) is 1. The van der Waals surface area contributed by atoms with Crippen LogP contribution >= 0.6 is 15.9 Å². The molecule has 3 heteroatoms. The largest absolute Gasteiger partial charge is 0.497 e. The predicted molar refractivity (Wildman–Crippen MR) is 56.0 cm³/mol. The van der Waals surface area contributed by atoms with Gasteiger partial charge in [-0.1, -0.05) is 15.9 Å². The summed E-state index contributed by atoms with van der Waals surface area (Å²) in [5.74, 6) is 1.42. The van der Waals surface area contributed by atoms with Crippen LogP contribution in [-0.2, 0) is 0 Å². The van der Waals surface area contributed by atoms with Crippen molar-refractivity contribution in [3.05, 3.63) is 28.2 Å². The predicted octanol–water partition coefficient (Wildman–Crippen LogP) is 2.27. The molecule has 13 heavy (non-hydrogen) atoms. The summed E-state index contributed by atoms with van der Waals surface area (Å²) in [4.78, 5) is 0. The molecule has 2 unspecified atom stereocenters. The van der Waals surface area contributed by atoms with Crippen LogP contribution in [0.15, 0.2) is 22.7 Å². The highest BCUT2D eigenvalue weighted by Crippen LogP contribution is 2.43. The monoisotopic (exact) mass is 241 g/mol. The fraction of sp³-hybridized carbons (Fsp3) is 0.400. The van der Waals surface area contributed by atoms with E-state index in [-0.39, 0.29) is 0 Å². The number of methoxy groups -OCH3 is 1. The Hall–Kier alpha value is -0.540. The van der Waals surface area contributed by atoms with Gasteiger partial charge in [-0.3, -0.25) is 0 Å². The lowest BCUT2D eigenvalue weighted by atomic mass is 10.1. The first kappa shape index (κ1) is 9.03. The maximum absolute atomic E-state index is 5.80. The minimum atomic E-state index is 0.336. The van der Waals surface area contributed by atoms with E-state index in [1.807, 2.05) is 12.1 Å². The number of halogens is 1. The summed E-state index contributed by atoms with van der Waals surface area (Å²) in [5.41, 5.74) is 7.07. The summed E-state index contributed by atoms with van der Waals surface area (Å²) in [6.45, 7) is 0. The van der Waals surface area contributed by atoms with Crippen LogP contribution in [0.1, 0.15) is 17.9 Å². The second-order valence-electron chi connectivity index (χ2n) is 3.39. The lowest BCUT2D eigenvalue weighted by Crippen LogP contribution is -2.01. The molecule has 1 aromatic carbocycles. The Morgan fingerprint density at radius 3 is 2.77 bits per heavy atom. The third kappa shape index (κ3) is 1.71. The molecule has 0 amide bonds. The smallest absolute Gasteiger partial charge is 0.119 e. The van der Waals surface area contributed by atoms with Crippen LogP contribution in [0.4, 0.5) is 0 Å². The van der Waals surface area contributed by atoms with E-state index in [2.05, 4.69) is 22.0 Å². The van der Waals surface area contributed by atoms with Crippen molar-refractivity contribution in [3.63, 3.8) is 0 Å². The third-order valence-corrected chi connectivity index (χ3v) is 3.16. The molecule has 1 saturated carbocycles. The van der Waals surface area contributed by atoms with Crippen LogP contribution in [0.5, 0.6) is 5.75 Å². The Bertz CT molecular complexity index is 327. The van der Waals surface area contributed by atoms with Crippen LogP contribution in [0, 0.1) is 0 Å². The highest BCUT2D eigenvalue weighted by atomic mass is 79.9. The van der Waals surface area contributed by atoms with Crippen molar-refractivity contribution in [2.45, 2.75) is 18.4 Å². The zero-order valence-corrected chi connectivity index (χ0v) is 9.04. The van der Waals surface area contributed by atoms with Gasteiger partial charge in [-0.05, 0) is 30.2 Å². The topological polar surface area (TPSA) is 35.2 Å². The van der Waals surface area contributed by atoms with E-state index in [1.54, 1.807) is 7.11 Å². The summed E-state index contributed by atoms with van der Waals surface area (Å²) < 4.78 is 6.29. The Morgan fingerprint density at radius 1 is 1.54 bits per heavy atom. The average Bonchev–Trinajstić information content (AvgIpc) is 2.83. The molecule has 70 valence electrons. The Balaban J connectivity index is 2.32. The van der Waals surface area contributed by atoms with Gasteiger partial charge in [0, 0.05) is 16.4 Å². The van der Waals surface area contributed by atoms with Gasteiger partial charge in [0.25, 0.3) is 0 Å². The molecule has 2 atom stereocenters. The van der Waals surface area contributed by atoms with E-state index in [0.29, 0.717) is 12.0 Å². The van der Waals surface area contributed by atoms with Crippen LogP contribution in [0.3, 0.4) is 0 Å². The van der Waals surface area contributed by atoms with Crippen molar-refractivity contribution in [3.8, 4) is 5.75 Å².